The second-order valence-electron chi connectivity index (χ2n) is 6.55. The van der Waals surface area contributed by atoms with E-state index in [4.69, 9.17) is 4.74 Å². The fourth-order valence-corrected chi connectivity index (χ4v) is 2.91. The van der Waals surface area contributed by atoms with Crippen LogP contribution < -0.4 is 5.32 Å². The average molecular weight is 386 g/mol. The first-order valence-electron chi connectivity index (χ1n) is 9.02. The van der Waals surface area contributed by atoms with Crippen molar-refractivity contribution < 1.29 is 14.3 Å². The molecule has 2 aromatic heterocycles. The monoisotopic (exact) mass is 386 g/mol. The zero-order valence-electron chi connectivity index (χ0n) is 15.7. The number of aryl methyl sites for hydroxylation is 1. The number of ether oxygens (including phenoxy) is 1. The summed E-state index contributed by atoms with van der Waals surface area (Å²) in [5.74, 6) is -0.314. The summed E-state index contributed by atoms with van der Waals surface area (Å²) < 4.78 is 5.14. The van der Waals surface area contributed by atoms with E-state index in [0.29, 0.717) is 22.6 Å². The van der Waals surface area contributed by atoms with Gasteiger partial charge in [0.1, 0.15) is 5.82 Å². The number of pyridine rings is 1. The first-order valence-corrected chi connectivity index (χ1v) is 9.02. The Morgan fingerprint density at radius 2 is 2.00 bits per heavy atom. The van der Waals surface area contributed by atoms with Gasteiger partial charge in [-0.2, -0.15) is 0 Å². The number of benzene rings is 2. The molecule has 0 fully saturated rings. The molecule has 4 rings (SSSR count). The van der Waals surface area contributed by atoms with Crippen molar-refractivity contribution in [2.24, 2.45) is 0 Å². The van der Waals surface area contributed by atoms with Crippen LogP contribution in [-0.2, 0) is 9.53 Å². The van der Waals surface area contributed by atoms with E-state index in [9.17, 15) is 9.59 Å². The molecule has 0 radical (unpaired) electrons. The molecule has 0 bridgehead atoms. The van der Waals surface area contributed by atoms with Crippen molar-refractivity contribution in [3.05, 3.63) is 78.1 Å². The smallest absolute Gasteiger partial charge is 0.338 e. The molecule has 0 unspecified atom stereocenters. The lowest BCUT2D eigenvalue weighted by Gasteiger charge is -2.07. The number of esters is 1. The molecule has 2 aromatic carbocycles. The van der Waals surface area contributed by atoms with Crippen LogP contribution in [0, 0.1) is 6.92 Å². The zero-order chi connectivity index (χ0) is 20.2. The number of aromatic nitrogens is 3. The van der Waals surface area contributed by atoms with Gasteiger partial charge in [-0.15, -0.1) is 0 Å². The van der Waals surface area contributed by atoms with Crippen LogP contribution in [0.1, 0.15) is 15.9 Å². The number of aromatic amines is 1. The number of nitrogens with zero attached hydrogens (tertiary/aromatic N) is 2. The van der Waals surface area contributed by atoms with Crippen LogP contribution in [0.2, 0.25) is 0 Å². The molecule has 2 heterocycles. The maximum Gasteiger partial charge on any atom is 0.338 e. The molecule has 2 N–H and O–H groups in total. The molecular weight excluding hydrogens is 368 g/mol. The van der Waals surface area contributed by atoms with E-state index in [-0.39, 0.29) is 6.61 Å². The van der Waals surface area contributed by atoms with E-state index in [1.54, 1.807) is 36.7 Å². The van der Waals surface area contributed by atoms with Crippen molar-refractivity contribution in [3.8, 4) is 11.4 Å². The molecule has 29 heavy (non-hydrogen) atoms. The van der Waals surface area contributed by atoms with Crippen molar-refractivity contribution in [1.29, 1.82) is 0 Å². The Hall–Kier alpha value is -4.00. The number of carbonyl (C=O) groups excluding carboxylic acids is 2. The largest absolute Gasteiger partial charge is 0.452 e. The minimum absolute atomic E-state index is 0.335. The Kier molecular flexibility index (Phi) is 5.03. The SMILES string of the molecule is Cc1cccc(NC(=O)COC(=O)c2ccc3nc(-c4cccnc4)[nH]c3c2)c1. The lowest BCUT2D eigenvalue weighted by molar-refractivity contribution is -0.119. The van der Waals surface area contributed by atoms with Crippen LogP contribution in [0.3, 0.4) is 0 Å². The third-order valence-electron chi connectivity index (χ3n) is 4.29. The van der Waals surface area contributed by atoms with E-state index in [2.05, 4.69) is 20.3 Å². The molecule has 0 spiro atoms. The molecule has 144 valence electrons. The number of carbonyl (C=O) groups is 2. The Balaban J connectivity index is 1.42. The van der Waals surface area contributed by atoms with Crippen molar-refractivity contribution >= 4 is 28.6 Å². The number of imidazole rings is 1. The van der Waals surface area contributed by atoms with Gasteiger partial charge in [-0.1, -0.05) is 12.1 Å². The van der Waals surface area contributed by atoms with Crippen molar-refractivity contribution in [2.45, 2.75) is 6.92 Å². The normalized spacial score (nSPS) is 10.7. The zero-order valence-corrected chi connectivity index (χ0v) is 15.7. The number of anilines is 1. The Labute approximate surface area is 166 Å². The summed E-state index contributed by atoms with van der Waals surface area (Å²) in [7, 11) is 0. The second kappa shape index (κ2) is 7.93. The molecule has 0 atom stereocenters. The van der Waals surface area contributed by atoms with Crippen molar-refractivity contribution in [3.63, 3.8) is 0 Å². The molecule has 1 amide bonds. The molecule has 0 saturated carbocycles. The van der Waals surface area contributed by atoms with Gasteiger partial charge >= 0.3 is 5.97 Å². The van der Waals surface area contributed by atoms with E-state index in [1.807, 2.05) is 37.3 Å². The summed E-state index contributed by atoms with van der Waals surface area (Å²) in [6.07, 6.45) is 3.40. The van der Waals surface area contributed by atoms with Crippen molar-refractivity contribution in [1.82, 2.24) is 15.0 Å². The average Bonchev–Trinajstić information content (AvgIpc) is 3.16. The third-order valence-corrected chi connectivity index (χ3v) is 4.29. The minimum atomic E-state index is -0.580. The van der Waals surface area contributed by atoms with Gasteiger partial charge in [-0.25, -0.2) is 9.78 Å². The van der Waals surface area contributed by atoms with Gasteiger partial charge in [-0.3, -0.25) is 9.78 Å². The highest BCUT2D eigenvalue weighted by Crippen LogP contribution is 2.21. The molecule has 0 saturated heterocycles. The third kappa shape index (κ3) is 4.30. The van der Waals surface area contributed by atoms with Gasteiger partial charge in [-0.05, 0) is 55.0 Å². The number of nitrogens with one attached hydrogen (secondary N) is 2. The Morgan fingerprint density at radius 1 is 1.10 bits per heavy atom. The standard InChI is InChI=1S/C22H18N4O3/c1-14-4-2-6-17(10-14)24-20(27)13-29-22(28)15-7-8-18-19(11-15)26-21(25-18)16-5-3-9-23-12-16/h2-12H,13H2,1H3,(H,24,27)(H,25,26). The quantitative estimate of drug-likeness (QED) is 0.510. The fraction of sp³-hybridized carbons (Fsp3) is 0.0909. The lowest BCUT2D eigenvalue weighted by Crippen LogP contribution is -2.20. The van der Waals surface area contributed by atoms with E-state index < -0.39 is 11.9 Å². The molecule has 0 aliphatic carbocycles. The van der Waals surface area contributed by atoms with Crippen LogP contribution in [-0.4, -0.2) is 33.4 Å². The van der Waals surface area contributed by atoms with Gasteiger partial charge in [0, 0.05) is 23.6 Å². The molecule has 0 aliphatic rings. The van der Waals surface area contributed by atoms with Crippen LogP contribution >= 0.6 is 0 Å². The van der Waals surface area contributed by atoms with Crippen LogP contribution in [0.25, 0.3) is 22.4 Å². The first kappa shape index (κ1) is 18.4. The molecule has 7 nitrogen and oxygen atoms in total. The maximum absolute atomic E-state index is 12.3. The molecule has 4 aromatic rings. The summed E-state index contributed by atoms with van der Waals surface area (Å²) in [6.45, 7) is 1.57. The number of H-pyrrole nitrogens is 1. The molecular formula is C22H18N4O3. The predicted octanol–water partition coefficient (Wildman–Crippen LogP) is 3.73. The highest BCUT2D eigenvalue weighted by Gasteiger charge is 2.13. The highest BCUT2D eigenvalue weighted by molar-refractivity contribution is 5.97. The summed E-state index contributed by atoms with van der Waals surface area (Å²) in [6, 6.07) is 16.1. The Bertz CT molecular complexity index is 1190. The van der Waals surface area contributed by atoms with Crippen LogP contribution in [0.15, 0.2) is 67.0 Å². The lowest BCUT2D eigenvalue weighted by atomic mass is 10.2. The summed E-state index contributed by atoms with van der Waals surface area (Å²) >= 11 is 0. The first-order chi connectivity index (χ1) is 14.1. The second-order valence-corrected chi connectivity index (χ2v) is 6.55. The topological polar surface area (TPSA) is 97.0 Å². The maximum atomic E-state index is 12.3. The Morgan fingerprint density at radius 3 is 2.79 bits per heavy atom. The number of hydrogen-bond acceptors (Lipinski definition) is 5. The number of rotatable bonds is 5. The minimum Gasteiger partial charge on any atom is -0.452 e. The van der Waals surface area contributed by atoms with Gasteiger partial charge in [0.25, 0.3) is 5.91 Å². The van der Waals surface area contributed by atoms with Crippen LogP contribution in [0.5, 0.6) is 0 Å². The van der Waals surface area contributed by atoms with E-state index in [1.165, 1.54) is 0 Å². The van der Waals surface area contributed by atoms with Gasteiger partial charge in [0.05, 0.1) is 16.6 Å². The fourth-order valence-electron chi connectivity index (χ4n) is 2.91. The highest BCUT2D eigenvalue weighted by atomic mass is 16.5. The van der Waals surface area contributed by atoms with E-state index in [0.717, 1.165) is 16.6 Å². The van der Waals surface area contributed by atoms with Gasteiger partial charge < -0.3 is 15.0 Å². The van der Waals surface area contributed by atoms with Crippen LogP contribution in [0.4, 0.5) is 5.69 Å². The number of fused-ring (bicyclic) bond motifs is 1. The van der Waals surface area contributed by atoms with E-state index >= 15 is 0 Å². The summed E-state index contributed by atoms with van der Waals surface area (Å²) in [5, 5.41) is 2.70. The summed E-state index contributed by atoms with van der Waals surface area (Å²) in [4.78, 5) is 36.1. The van der Waals surface area contributed by atoms with Gasteiger partial charge in [0.2, 0.25) is 0 Å². The van der Waals surface area contributed by atoms with Crippen molar-refractivity contribution in [2.75, 3.05) is 11.9 Å². The number of amides is 1. The predicted molar refractivity (Wildman–Crippen MR) is 109 cm³/mol. The summed E-state index contributed by atoms with van der Waals surface area (Å²) in [5.41, 5.74) is 4.29. The molecule has 7 heteroatoms. The van der Waals surface area contributed by atoms with Gasteiger partial charge in [0.15, 0.2) is 6.61 Å². The molecule has 0 aliphatic heterocycles. The number of hydrogen-bond donors (Lipinski definition) is 2.